The van der Waals surface area contributed by atoms with Gasteiger partial charge in [0.05, 0.1) is 15.9 Å². The summed E-state index contributed by atoms with van der Waals surface area (Å²) >= 11 is 6.18. The number of allylic oxidation sites excluding steroid dienone is 1. The lowest BCUT2D eigenvalue weighted by atomic mass is 9.95. The third-order valence-electron chi connectivity index (χ3n) is 3.96. The summed E-state index contributed by atoms with van der Waals surface area (Å²) < 4.78 is 49.9. The number of nitro groups is 1. The van der Waals surface area contributed by atoms with Crippen molar-refractivity contribution in [3.63, 3.8) is 0 Å². The summed E-state index contributed by atoms with van der Waals surface area (Å²) in [4.78, 5) is 21.2. The molecule has 0 saturated heterocycles. The third-order valence-corrected chi connectivity index (χ3v) is 4.33. The molecule has 1 aromatic carbocycles. The first-order valence-corrected chi connectivity index (χ1v) is 8.17. The van der Waals surface area contributed by atoms with Crippen molar-refractivity contribution in [3.05, 3.63) is 69.5 Å². The Labute approximate surface area is 160 Å². The molecule has 1 aromatic rings. The number of carbonyl (C=O) groups is 1. The normalized spacial score (nSPS) is 24.1. The smallest absolute Gasteiger partial charge is 0.430 e. The summed E-state index contributed by atoms with van der Waals surface area (Å²) in [5, 5.41) is 18.9. The van der Waals surface area contributed by atoms with Gasteiger partial charge in [-0.2, -0.15) is 13.2 Å². The van der Waals surface area contributed by atoms with Crippen LogP contribution in [-0.2, 0) is 9.53 Å². The molecule has 2 aliphatic rings. The molecular weight excluding hydrogens is 407 g/mol. The molecule has 11 heteroatoms. The maximum atomic E-state index is 13.1. The van der Waals surface area contributed by atoms with Crippen LogP contribution in [0.1, 0.15) is 0 Å². The topological polar surface area (TPSA) is 98.9 Å². The Morgan fingerprint density at radius 2 is 1.89 bits per heavy atom. The number of halogens is 4. The summed E-state index contributed by atoms with van der Waals surface area (Å²) in [6.07, 6.45) is -5.09. The Balaban J connectivity index is 1.87. The van der Waals surface area contributed by atoms with Crippen molar-refractivity contribution in [3.8, 4) is 5.75 Å². The summed E-state index contributed by atoms with van der Waals surface area (Å²) in [5.41, 5.74) is -1.01. The molecule has 3 unspecified atom stereocenters. The molecule has 1 heterocycles. The van der Waals surface area contributed by atoms with Gasteiger partial charge in [0.1, 0.15) is 17.6 Å². The van der Waals surface area contributed by atoms with E-state index in [1.165, 1.54) is 36.4 Å². The number of fused-ring (bicyclic) bond motifs is 1. The molecule has 148 valence electrons. The van der Waals surface area contributed by atoms with Crippen LogP contribution in [0.3, 0.4) is 0 Å². The quantitative estimate of drug-likeness (QED) is 0.455. The van der Waals surface area contributed by atoms with E-state index in [1.807, 2.05) is 0 Å². The number of nitro benzene ring substituents is 1. The van der Waals surface area contributed by atoms with Gasteiger partial charge in [-0.15, -0.1) is 11.6 Å². The van der Waals surface area contributed by atoms with Crippen LogP contribution in [0.15, 0.2) is 59.4 Å². The highest BCUT2D eigenvalue weighted by atomic mass is 35.5. The number of aliphatic carboxylic acids is 1. The molecule has 0 spiro atoms. The zero-order valence-electron chi connectivity index (χ0n) is 13.7. The maximum Gasteiger partial charge on any atom is 0.430 e. The standard InChI is InChI=1S/C17H11ClF3NO6/c18-12-6-8-5-11(16(23)24)15(17(19,20)21)28-13(8)7-14(12)27-10-3-1-9(2-4-10)22(25)26/h1-7,12,14-15H,(H,23,24). The molecule has 0 bridgehead atoms. The molecule has 0 fully saturated rings. The van der Waals surface area contributed by atoms with Crippen molar-refractivity contribution >= 4 is 23.3 Å². The molecule has 0 aromatic heterocycles. The minimum absolute atomic E-state index is 0.0986. The van der Waals surface area contributed by atoms with Gasteiger partial charge in [-0.1, -0.05) is 6.08 Å². The van der Waals surface area contributed by atoms with Gasteiger partial charge in [0, 0.05) is 23.8 Å². The van der Waals surface area contributed by atoms with Crippen LogP contribution in [-0.4, -0.2) is 39.8 Å². The van der Waals surface area contributed by atoms with Crippen LogP contribution in [0.4, 0.5) is 18.9 Å². The molecular formula is C17H11ClF3NO6. The molecule has 3 atom stereocenters. The number of rotatable bonds is 4. The summed E-state index contributed by atoms with van der Waals surface area (Å²) in [7, 11) is 0. The van der Waals surface area contributed by atoms with Gasteiger partial charge in [-0.3, -0.25) is 10.1 Å². The molecule has 7 nitrogen and oxygen atoms in total. The SMILES string of the molecule is O=C(O)C1=CC2=CC(Cl)C(Oc3ccc([N+](=O)[O-])cc3)C=C2OC1C(F)(F)F. The van der Waals surface area contributed by atoms with E-state index in [2.05, 4.69) is 0 Å². The molecule has 3 rings (SSSR count). The lowest BCUT2D eigenvalue weighted by Crippen LogP contribution is -2.40. The second kappa shape index (κ2) is 7.19. The van der Waals surface area contributed by atoms with Crippen molar-refractivity contribution in [2.45, 2.75) is 23.8 Å². The monoisotopic (exact) mass is 417 g/mol. The predicted molar refractivity (Wildman–Crippen MR) is 90.0 cm³/mol. The van der Waals surface area contributed by atoms with Gasteiger partial charge < -0.3 is 14.6 Å². The molecule has 0 amide bonds. The highest BCUT2D eigenvalue weighted by Gasteiger charge is 2.49. The first-order valence-electron chi connectivity index (χ1n) is 7.73. The average Bonchev–Trinajstić information content (AvgIpc) is 2.61. The average molecular weight is 418 g/mol. The minimum Gasteiger partial charge on any atom is -0.484 e. The van der Waals surface area contributed by atoms with E-state index in [0.29, 0.717) is 0 Å². The zero-order chi connectivity index (χ0) is 20.6. The number of benzene rings is 1. The fourth-order valence-corrected chi connectivity index (χ4v) is 2.93. The molecule has 1 aliphatic carbocycles. The van der Waals surface area contributed by atoms with Crippen LogP contribution < -0.4 is 4.74 Å². The summed E-state index contributed by atoms with van der Waals surface area (Å²) in [6.45, 7) is 0. The number of alkyl halides is 4. The van der Waals surface area contributed by atoms with Gasteiger partial charge in [-0.25, -0.2) is 4.79 Å². The van der Waals surface area contributed by atoms with Gasteiger partial charge >= 0.3 is 12.1 Å². The van der Waals surface area contributed by atoms with E-state index in [0.717, 1.165) is 6.08 Å². The Hall–Kier alpha value is -3.01. The van der Waals surface area contributed by atoms with E-state index in [1.54, 1.807) is 0 Å². The second-order valence-electron chi connectivity index (χ2n) is 5.88. The van der Waals surface area contributed by atoms with Gasteiger partial charge in [0.25, 0.3) is 5.69 Å². The Kier molecular flexibility index (Phi) is 5.07. The number of hydrogen-bond acceptors (Lipinski definition) is 5. The Morgan fingerprint density at radius 3 is 2.43 bits per heavy atom. The van der Waals surface area contributed by atoms with Crippen molar-refractivity contribution in [1.82, 2.24) is 0 Å². The molecule has 1 aliphatic heterocycles. The zero-order valence-corrected chi connectivity index (χ0v) is 14.5. The van der Waals surface area contributed by atoms with E-state index >= 15 is 0 Å². The van der Waals surface area contributed by atoms with Crippen molar-refractivity contribution in [2.24, 2.45) is 0 Å². The first kappa shape index (κ1) is 19.7. The van der Waals surface area contributed by atoms with Gasteiger partial charge in [-0.05, 0) is 18.2 Å². The molecule has 0 saturated carbocycles. The summed E-state index contributed by atoms with van der Waals surface area (Å²) in [5.74, 6) is -1.76. The number of carboxylic acids is 1. The van der Waals surface area contributed by atoms with Crippen LogP contribution >= 0.6 is 11.6 Å². The van der Waals surface area contributed by atoms with Crippen molar-refractivity contribution in [2.75, 3.05) is 0 Å². The summed E-state index contributed by atoms with van der Waals surface area (Å²) in [6, 6.07) is 5.05. The van der Waals surface area contributed by atoms with Crippen molar-refractivity contribution < 1.29 is 37.5 Å². The Bertz CT molecular complexity index is 906. The Morgan fingerprint density at radius 1 is 1.25 bits per heavy atom. The van der Waals surface area contributed by atoms with Crippen LogP contribution in [0, 0.1) is 10.1 Å². The fourth-order valence-electron chi connectivity index (χ4n) is 2.67. The predicted octanol–water partition coefficient (Wildman–Crippen LogP) is 3.75. The highest BCUT2D eigenvalue weighted by Crippen LogP contribution is 2.39. The lowest BCUT2D eigenvalue weighted by molar-refractivity contribution is -0.384. The van der Waals surface area contributed by atoms with Gasteiger partial charge in [0.15, 0.2) is 0 Å². The molecule has 0 radical (unpaired) electrons. The molecule has 28 heavy (non-hydrogen) atoms. The fraction of sp³-hybridized carbons (Fsp3) is 0.235. The number of nitrogens with zero attached hydrogens (tertiary/aromatic N) is 1. The van der Waals surface area contributed by atoms with E-state index in [4.69, 9.17) is 26.2 Å². The van der Waals surface area contributed by atoms with Crippen LogP contribution in [0.2, 0.25) is 0 Å². The highest BCUT2D eigenvalue weighted by molar-refractivity contribution is 6.22. The van der Waals surface area contributed by atoms with E-state index in [9.17, 15) is 28.1 Å². The third kappa shape index (κ3) is 3.96. The van der Waals surface area contributed by atoms with E-state index < -0.39 is 40.2 Å². The lowest BCUT2D eigenvalue weighted by Gasteiger charge is -2.32. The van der Waals surface area contributed by atoms with Gasteiger partial charge in [0.2, 0.25) is 6.10 Å². The number of ether oxygens (including phenoxy) is 2. The van der Waals surface area contributed by atoms with Crippen molar-refractivity contribution in [1.29, 1.82) is 0 Å². The number of hydrogen-bond donors (Lipinski definition) is 1. The second-order valence-corrected chi connectivity index (χ2v) is 6.38. The van der Waals surface area contributed by atoms with Crippen LogP contribution in [0.5, 0.6) is 5.75 Å². The maximum absolute atomic E-state index is 13.1. The van der Waals surface area contributed by atoms with Crippen LogP contribution in [0.25, 0.3) is 0 Å². The van der Waals surface area contributed by atoms with E-state index in [-0.39, 0.29) is 22.8 Å². The minimum atomic E-state index is -4.93. The largest absolute Gasteiger partial charge is 0.484 e. The molecule has 1 N–H and O–H groups in total. The first-order chi connectivity index (χ1) is 13.1. The number of carboxylic acid groups (broad SMARTS) is 1. The number of non-ortho nitro benzene ring substituents is 1.